The summed E-state index contributed by atoms with van der Waals surface area (Å²) in [6, 6.07) is 5.33. The van der Waals surface area contributed by atoms with Crippen LogP contribution in [-0.4, -0.2) is 5.91 Å². The van der Waals surface area contributed by atoms with Crippen LogP contribution < -0.4 is 5.32 Å². The molecular formula is C12H9BrClNOS2. The predicted molar refractivity (Wildman–Crippen MR) is 83.4 cm³/mol. The number of hydrogen-bond acceptors (Lipinski definition) is 3. The zero-order valence-corrected chi connectivity index (χ0v) is 13.4. The quantitative estimate of drug-likeness (QED) is 0.722. The van der Waals surface area contributed by atoms with Crippen LogP contribution in [0.25, 0.3) is 0 Å². The third-order valence-electron chi connectivity index (χ3n) is 2.31. The summed E-state index contributed by atoms with van der Waals surface area (Å²) in [6.45, 7) is 1.91. The first-order chi connectivity index (χ1) is 8.47. The van der Waals surface area contributed by atoms with Crippen LogP contribution in [-0.2, 0) is 0 Å². The van der Waals surface area contributed by atoms with Crippen molar-refractivity contribution in [1.29, 1.82) is 0 Å². The van der Waals surface area contributed by atoms with E-state index in [1.54, 1.807) is 12.1 Å². The van der Waals surface area contributed by atoms with Crippen molar-refractivity contribution < 1.29 is 4.79 Å². The molecule has 0 bridgehead atoms. The van der Waals surface area contributed by atoms with Gasteiger partial charge in [-0.05, 0) is 46.6 Å². The van der Waals surface area contributed by atoms with E-state index in [4.69, 9.17) is 11.6 Å². The lowest BCUT2D eigenvalue weighted by molar-refractivity contribution is 0.103. The molecule has 2 nitrogen and oxygen atoms in total. The molecule has 0 saturated carbocycles. The van der Waals surface area contributed by atoms with Crippen molar-refractivity contribution in [3.05, 3.63) is 43.5 Å². The summed E-state index contributed by atoms with van der Waals surface area (Å²) in [4.78, 5) is 13.4. The topological polar surface area (TPSA) is 29.1 Å². The molecule has 0 spiro atoms. The summed E-state index contributed by atoms with van der Waals surface area (Å²) in [5.41, 5.74) is 1.61. The Kier molecular flexibility index (Phi) is 4.37. The molecule has 0 aliphatic heterocycles. The van der Waals surface area contributed by atoms with Gasteiger partial charge in [0.15, 0.2) is 0 Å². The van der Waals surface area contributed by atoms with Crippen LogP contribution >= 0.6 is 51.5 Å². The van der Waals surface area contributed by atoms with Gasteiger partial charge in [-0.3, -0.25) is 4.79 Å². The molecule has 1 aromatic carbocycles. The first-order valence-electron chi connectivity index (χ1n) is 5.02. The standard InChI is InChI=1S/C12H9BrClNOS2/c1-6-2-8(13)10(4-9(6)14)15-12(16)11-3-7(17)5-18-11/h2-5,17H,1H3,(H,15,16). The fourth-order valence-electron chi connectivity index (χ4n) is 1.37. The highest BCUT2D eigenvalue weighted by Gasteiger charge is 2.11. The van der Waals surface area contributed by atoms with Gasteiger partial charge in [-0.25, -0.2) is 0 Å². The van der Waals surface area contributed by atoms with Crippen LogP contribution in [0.3, 0.4) is 0 Å². The van der Waals surface area contributed by atoms with E-state index in [1.807, 2.05) is 18.4 Å². The van der Waals surface area contributed by atoms with Crippen LogP contribution in [0.2, 0.25) is 5.02 Å². The Morgan fingerprint density at radius 3 is 2.78 bits per heavy atom. The van der Waals surface area contributed by atoms with Crippen molar-refractivity contribution in [3.63, 3.8) is 0 Å². The maximum atomic E-state index is 12.0. The molecule has 2 rings (SSSR count). The number of hydrogen-bond donors (Lipinski definition) is 2. The van der Waals surface area contributed by atoms with E-state index in [0.29, 0.717) is 15.6 Å². The largest absolute Gasteiger partial charge is 0.320 e. The Bertz CT molecular complexity index is 612. The Balaban J connectivity index is 2.24. The fraction of sp³-hybridized carbons (Fsp3) is 0.0833. The molecule has 94 valence electrons. The smallest absolute Gasteiger partial charge is 0.265 e. The van der Waals surface area contributed by atoms with Gasteiger partial charge >= 0.3 is 0 Å². The Morgan fingerprint density at radius 1 is 1.44 bits per heavy atom. The highest BCUT2D eigenvalue weighted by Crippen LogP contribution is 2.30. The minimum Gasteiger partial charge on any atom is -0.320 e. The van der Waals surface area contributed by atoms with Gasteiger partial charge in [-0.2, -0.15) is 0 Å². The molecule has 1 aromatic heterocycles. The van der Waals surface area contributed by atoms with Gasteiger partial charge in [0.05, 0.1) is 10.6 Å². The minimum atomic E-state index is -0.166. The number of thiophene rings is 1. The molecule has 6 heteroatoms. The van der Waals surface area contributed by atoms with Gasteiger partial charge in [-0.1, -0.05) is 11.6 Å². The second-order valence-electron chi connectivity index (χ2n) is 3.70. The molecule has 0 saturated heterocycles. The number of anilines is 1. The average molecular weight is 363 g/mol. The molecule has 1 N–H and O–H groups in total. The molecule has 0 aliphatic carbocycles. The van der Waals surface area contributed by atoms with Gasteiger partial charge in [-0.15, -0.1) is 24.0 Å². The van der Waals surface area contributed by atoms with Crippen LogP contribution in [0.15, 0.2) is 32.9 Å². The number of carbonyl (C=O) groups excluding carboxylic acids is 1. The number of halogens is 2. The molecule has 0 fully saturated rings. The molecule has 18 heavy (non-hydrogen) atoms. The van der Waals surface area contributed by atoms with Crippen molar-refractivity contribution in [2.75, 3.05) is 5.32 Å². The molecule has 0 aliphatic rings. The van der Waals surface area contributed by atoms with E-state index in [1.165, 1.54) is 11.3 Å². The fourth-order valence-corrected chi connectivity index (χ4v) is 3.14. The van der Waals surface area contributed by atoms with Crippen LogP contribution in [0.4, 0.5) is 5.69 Å². The summed E-state index contributed by atoms with van der Waals surface area (Å²) in [7, 11) is 0. The molecule has 0 unspecified atom stereocenters. The number of amides is 1. The lowest BCUT2D eigenvalue weighted by Crippen LogP contribution is -2.10. The summed E-state index contributed by atoms with van der Waals surface area (Å²) < 4.78 is 0.806. The van der Waals surface area contributed by atoms with Crippen molar-refractivity contribution >= 4 is 63.1 Å². The van der Waals surface area contributed by atoms with Gasteiger partial charge in [0.1, 0.15) is 0 Å². The maximum absolute atomic E-state index is 12.0. The number of aryl methyl sites for hydroxylation is 1. The Hall–Kier alpha value is -0.490. The van der Waals surface area contributed by atoms with E-state index < -0.39 is 0 Å². The second-order valence-corrected chi connectivity index (χ2v) is 6.39. The van der Waals surface area contributed by atoms with Crippen LogP contribution in [0.5, 0.6) is 0 Å². The summed E-state index contributed by atoms with van der Waals surface area (Å²) in [5, 5.41) is 5.25. The summed E-state index contributed by atoms with van der Waals surface area (Å²) in [6.07, 6.45) is 0. The van der Waals surface area contributed by atoms with Crippen LogP contribution in [0, 0.1) is 6.92 Å². The second kappa shape index (κ2) is 5.65. The molecule has 1 heterocycles. The van der Waals surface area contributed by atoms with Gasteiger partial charge in [0, 0.05) is 19.8 Å². The van der Waals surface area contributed by atoms with E-state index in [0.717, 1.165) is 14.9 Å². The molecule has 1 amide bonds. The summed E-state index contributed by atoms with van der Waals surface area (Å²) >= 11 is 15.0. The van der Waals surface area contributed by atoms with Gasteiger partial charge < -0.3 is 5.32 Å². The van der Waals surface area contributed by atoms with E-state index in [9.17, 15) is 4.79 Å². The lowest BCUT2D eigenvalue weighted by Gasteiger charge is -2.08. The third-order valence-corrected chi connectivity index (χ3v) is 4.73. The first-order valence-corrected chi connectivity index (χ1v) is 7.51. The third kappa shape index (κ3) is 3.09. The van der Waals surface area contributed by atoms with Crippen molar-refractivity contribution in [3.8, 4) is 0 Å². The van der Waals surface area contributed by atoms with Crippen molar-refractivity contribution in [1.82, 2.24) is 0 Å². The van der Waals surface area contributed by atoms with E-state index in [-0.39, 0.29) is 5.91 Å². The van der Waals surface area contributed by atoms with Crippen LogP contribution in [0.1, 0.15) is 15.2 Å². The molecule has 2 aromatic rings. The number of thiol groups is 1. The molecule has 0 radical (unpaired) electrons. The van der Waals surface area contributed by atoms with E-state index in [2.05, 4.69) is 33.9 Å². The monoisotopic (exact) mass is 361 g/mol. The predicted octanol–water partition coefficient (Wildman–Crippen LogP) is 5.01. The summed E-state index contributed by atoms with van der Waals surface area (Å²) in [5.74, 6) is -0.166. The number of nitrogens with one attached hydrogen (secondary N) is 1. The number of carbonyl (C=O) groups is 1. The van der Waals surface area contributed by atoms with Gasteiger partial charge in [0.25, 0.3) is 5.91 Å². The Labute approximate surface area is 128 Å². The average Bonchev–Trinajstić information content (AvgIpc) is 2.73. The molecule has 0 atom stereocenters. The highest BCUT2D eigenvalue weighted by atomic mass is 79.9. The minimum absolute atomic E-state index is 0.166. The maximum Gasteiger partial charge on any atom is 0.265 e. The zero-order chi connectivity index (χ0) is 13.3. The highest BCUT2D eigenvalue weighted by molar-refractivity contribution is 9.10. The Morgan fingerprint density at radius 2 is 2.17 bits per heavy atom. The van der Waals surface area contributed by atoms with E-state index >= 15 is 0 Å². The van der Waals surface area contributed by atoms with Gasteiger partial charge in [0.2, 0.25) is 0 Å². The lowest BCUT2D eigenvalue weighted by atomic mass is 10.2. The normalized spacial score (nSPS) is 10.4. The van der Waals surface area contributed by atoms with Crippen molar-refractivity contribution in [2.24, 2.45) is 0 Å². The zero-order valence-electron chi connectivity index (χ0n) is 9.33. The number of benzene rings is 1. The molecular weight excluding hydrogens is 354 g/mol. The first kappa shape index (κ1) is 13.9. The number of rotatable bonds is 2. The van der Waals surface area contributed by atoms with Crippen molar-refractivity contribution in [2.45, 2.75) is 11.8 Å². The SMILES string of the molecule is Cc1cc(Br)c(NC(=O)c2cc(S)cs2)cc1Cl.